The van der Waals surface area contributed by atoms with Crippen molar-refractivity contribution in [1.29, 1.82) is 0 Å². The van der Waals surface area contributed by atoms with Crippen LogP contribution in [0.25, 0.3) is 6.08 Å². The molecule has 0 spiro atoms. The Hall–Kier alpha value is -3.42. The average molecular weight is 467 g/mol. The van der Waals surface area contributed by atoms with Crippen LogP contribution in [-0.2, 0) is 9.47 Å². The number of hydrogen-bond acceptors (Lipinski definition) is 11. The lowest BCUT2D eigenvalue weighted by Crippen LogP contribution is -2.59. The fourth-order valence-electron chi connectivity index (χ4n) is 3.71. The summed E-state index contributed by atoms with van der Waals surface area (Å²) in [5.74, 6) is -2.65. The van der Waals surface area contributed by atoms with E-state index in [0.717, 1.165) is 18.2 Å². The van der Waals surface area contributed by atoms with Gasteiger partial charge in [-0.1, -0.05) is 0 Å². The minimum atomic E-state index is -1.74. The van der Waals surface area contributed by atoms with Crippen molar-refractivity contribution in [2.75, 3.05) is 6.61 Å². The second kappa shape index (κ2) is 8.50. The van der Waals surface area contributed by atoms with E-state index in [4.69, 9.17) is 9.47 Å². The van der Waals surface area contributed by atoms with Gasteiger partial charge in [-0.15, -0.1) is 0 Å². The van der Waals surface area contributed by atoms with Crippen LogP contribution in [0.1, 0.15) is 17.2 Å². The van der Waals surface area contributed by atoms with E-state index < -0.39 is 60.7 Å². The molecule has 0 aliphatic carbocycles. The van der Waals surface area contributed by atoms with Gasteiger partial charge < -0.3 is 60.2 Å². The van der Waals surface area contributed by atoms with Crippen LogP contribution in [0, 0.1) is 0 Å². The summed E-state index contributed by atoms with van der Waals surface area (Å²) < 4.78 is 15.5. The van der Waals surface area contributed by atoms with Crippen molar-refractivity contribution in [2.24, 2.45) is 0 Å². The lowest BCUT2D eigenvalue weighted by Gasteiger charge is -2.40. The first-order valence-corrected chi connectivity index (χ1v) is 9.81. The number of hydrogen-bond donors (Lipinski definition) is 9. The minimum Gasteiger partial charge on any atom is -0.571 e. The van der Waals surface area contributed by atoms with Crippen molar-refractivity contribution in [3.05, 3.63) is 41.2 Å². The molecule has 2 aromatic carbocycles. The zero-order chi connectivity index (χ0) is 24.0. The standard InChI is InChI=1S/C21H22O12/c22-6-15-17(28)18(29)19(30)21(33-15)32-14-5-9-10(24)3-8(23)4-13(9)31-20(14)7-1-11(25)16(27)12(26)2-7/h1-5,15,17-30H,6H2/p+1/t15-,17-,18+,19-,20?,21+/m0/s1. The first-order valence-electron chi connectivity index (χ1n) is 9.81. The Bertz CT molecular complexity index is 1060. The first-order chi connectivity index (χ1) is 15.6. The van der Waals surface area contributed by atoms with Gasteiger partial charge in [-0.25, -0.2) is 0 Å². The molecule has 12 heteroatoms. The van der Waals surface area contributed by atoms with Crippen LogP contribution in [0.15, 0.2) is 30.0 Å². The average Bonchev–Trinajstić information content (AvgIpc) is 2.77. The number of benzene rings is 2. The van der Waals surface area contributed by atoms with E-state index in [0.29, 0.717) is 0 Å². The summed E-state index contributed by atoms with van der Waals surface area (Å²) in [5, 5.41) is 89.3. The molecule has 2 aliphatic heterocycles. The van der Waals surface area contributed by atoms with E-state index in [2.05, 4.69) is 4.74 Å². The summed E-state index contributed by atoms with van der Waals surface area (Å²) in [6, 6.07) is 4.51. The van der Waals surface area contributed by atoms with Gasteiger partial charge in [-0.2, -0.15) is 0 Å². The van der Waals surface area contributed by atoms with Gasteiger partial charge in [-0.3, -0.25) is 0 Å². The van der Waals surface area contributed by atoms with Crippen molar-refractivity contribution in [3.8, 4) is 34.5 Å². The highest BCUT2D eigenvalue weighted by Crippen LogP contribution is 2.47. The van der Waals surface area contributed by atoms with Crippen LogP contribution < -0.4 is 0 Å². The number of aromatic hydroxyl groups is 6. The van der Waals surface area contributed by atoms with Crippen LogP contribution in [-0.4, -0.2) is 88.0 Å². The molecule has 2 aromatic rings. The van der Waals surface area contributed by atoms with Gasteiger partial charge in [-0.05, 0) is 12.1 Å². The Morgan fingerprint density at radius 1 is 0.848 bits per heavy atom. The molecule has 0 bridgehead atoms. The van der Waals surface area contributed by atoms with E-state index in [1.54, 1.807) is 0 Å². The smallest absolute Gasteiger partial charge is 0.270 e. The second-order valence-electron chi connectivity index (χ2n) is 7.70. The summed E-state index contributed by atoms with van der Waals surface area (Å²) in [4.78, 5) is 0. The fourth-order valence-corrected chi connectivity index (χ4v) is 3.71. The number of fused-ring (bicyclic) bond motifs is 1. The Kier molecular flexibility index (Phi) is 5.86. The first kappa shape index (κ1) is 22.8. The van der Waals surface area contributed by atoms with E-state index in [-0.39, 0.29) is 34.1 Å². The molecule has 0 aromatic heterocycles. The molecule has 0 radical (unpaired) electrons. The van der Waals surface area contributed by atoms with Crippen LogP contribution in [0.4, 0.5) is 0 Å². The molecule has 0 saturated carbocycles. The molecule has 10 N–H and O–H groups in total. The topological polar surface area (TPSA) is 213 Å². The monoisotopic (exact) mass is 467 g/mol. The third-order valence-electron chi connectivity index (χ3n) is 5.45. The highest BCUT2D eigenvalue weighted by Gasteiger charge is 2.46. The number of phenolic OH excluding ortho intramolecular Hbond substituents is 5. The van der Waals surface area contributed by atoms with Gasteiger partial charge in [0.05, 0.1) is 18.2 Å². The number of rotatable bonds is 4. The molecule has 12 nitrogen and oxygen atoms in total. The van der Waals surface area contributed by atoms with Crippen molar-refractivity contribution in [1.82, 2.24) is 0 Å². The normalized spacial score (nSPS) is 29.0. The Morgan fingerprint density at radius 3 is 2.15 bits per heavy atom. The molecule has 1 saturated heterocycles. The molecule has 33 heavy (non-hydrogen) atoms. The number of aliphatic hydroxyl groups excluding tert-OH is 4. The van der Waals surface area contributed by atoms with Gasteiger partial charge in [0.1, 0.15) is 41.5 Å². The molecule has 2 heterocycles. The zero-order valence-electron chi connectivity index (χ0n) is 16.8. The summed E-state index contributed by atoms with van der Waals surface area (Å²) in [5.41, 5.74) is 0.253. The van der Waals surface area contributed by atoms with Crippen LogP contribution >= 0.6 is 0 Å². The SMILES string of the molecule is OC[C@@H]1O[C@@H](OC2=Cc3c(O)cc(O)cc3[OH+]C2c2cc(O)c(O)c(O)c2)[C@@H](O)[C@H](O)[C@H]1O. The molecule has 1 fully saturated rings. The van der Waals surface area contributed by atoms with Crippen LogP contribution in [0.2, 0.25) is 0 Å². The summed E-state index contributed by atoms with van der Waals surface area (Å²) >= 11 is 0. The summed E-state index contributed by atoms with van der Waals surface area (Å²) in [6.07, 6.45) is -7.70. The molecule has 1 unspecified atom stereocenters. The Balaban J connectivity index is 1.76. The Labute approximate surface area is 186 Å². The fraction of sp³-hybridized carbons (Fsp3) is 0.333. The highest BCUT2D eigenvalue weighted by atomic mass is 16.7. The van der Waals surface area contributed by atoms with Crippen molar-refractivity contribution in [2.45, 2.75) is 36.8 Å². The molecular weight excluding hydrogens is 444 g/mol. The van der Waals surface area contributed by atoms with E-state index in [1.165, 1.54) is 12.1 Å². The van der Waals surface area contributed by atoms with Crippen LogP contribution in [0.5, 0.6) is 34.5 Å². The molecule has 6 atom stereocenters. The van der Waals surface area contributed by atoms with Gasteiger partial charge in [0.25, 0.3) is 11.9 Å². The number of ether oxygens (including phenoxy) is 3. The zero-order valence-corrected chi connectivity index (χ0v) is 16.8. The van der Waals surface area contributed by atoms with Crippen molar-refractivity contribution >= 4 is 6.08 Å². The van der Waals surface area contributed by atoms with E-state index in [9.17, 15) is 46.0 Å². The van der Waals surface area contributed by atoms with Gasteiger partial charge in [0.15, 0.2) is 23.0 Å². The quantitative estimate of drug-likeness (QED) is 0.204. The van der Waals surface area contributed by atoms with Crippen molar-refractivity contribution in [3.63, 3.8) is 0 Å². The maximum atomic E-state index is 10.3. The summed E-state index contributed by atoms with van der Waals surface area (Å²) in [7, 11) is 0. The second-order valence-corrected chi connectivity index (χ2v) is 7.70. The van der Waals surface area contributed by atoms with Gasteiger partial charge in [0, 0.05) is 12.1 Å². The molecule has 0 amide bonds. The number of aliphatic hydroxyl groups is 5. The molecule has 2 aliphatic rings. The van der Waals surface area contributed by atoms with E-state index >= 15 is 0 Å². The third-order valence-corrected chi connectivity index (χ3v) is 5.45. The predicted octanol–water partition coefficient (Wildman–Crippen LogP) is -0.632. The minimum absolute atomic E-state index is 0.0858. The largest absolute Gasteiger partial charge is 0.571 e. The lowest BCUT2D eigenvalue weighted by atomic mass is 9.98. The summed E-state index contributed by atoms with van der Waals surface area (Å²) in [6.45, 7) is -0.680. The molecular formula is C21H23O12+. The van der Waals surface area contributed by atoms with Gasteiger partial charge >= 0.3 is 0 Å². The van der Waals surface area contributed by atoms with Crippen LogP contribution in [0.3, 0.4) is 0 Å². The Morgan fingerprint density at radius 2 is 1.52 bits per heavy atom. The van der Waals surface area contributed by atoms with Crippen molar-refractivity contribution < 1.29 is 60.2 Å². The molecule has 178 valence electrons. The predicted molar refractivity (Wildman–Crippen MR) is 108 cm³/mol. The highest BCUT2D eigenvalue weighted by molar-refractivity contribution is 5.69. The van der Waals surface area contributed by atoms with E-state index in [1.807, 2.05) is 0 Å². The maximum absolute atomic E-state index is 10.3. The third kappa shape index (κ3) is 4.05. The lowest BCUT2D eigenvalue weighted by molar-refractivity contribution is -0.295. The van der Waals surface area contributed by atoms with Gasteiger partial charge in [0.2, 0.25) is 6.29 Å². The number of phenols is 5. The molecule has 4 rings (SSSR count). The maximum Gasteiger partial charge on any atom is 0.270 e.